The molecule has 31 heavy (non-hydrogen) atoms. The summed E-state index contributed by atoms with van der Waals surface area (Å²) >= 11 is 6.06. The maximum atomic E-state index is 13.3. The van der Waals surface area contributed by atoms with Crippen molar-refractivity contribution in [3.8, 4) is 5.75 Å². The van der Waals surface area contributed by atoms with Crippen LogP contribution in [0.25, 0.3) is 0 Å². The van der Waals surface area contributed by atoms with Crippen LogP contribution < -0.4 is 10.1 Å². The summed E-state index contributed by atoms with van der Waals surface area (Å²) in [6.45, 7) is 5.87. The van der Waals surface area contributed by atoms with Crippen LogP contribution in [0.4, 0.5) is 0 Å². The Morgan fingerprint density at radius 3 is 2.13 bits per heavy atom. The molecule has 0 saturated carbocycles. The smallest absolute Gasteiger partial charge is 0.264 e. The summed E-state index contributed by atoms with van der Waals surface area (Å²) in [5, 5.41) is 3.95. The average Bonchev–Trinajstić information content (AvgIpc) is 2.79. The van der Waals surface area contributed by atoms with E-state index >= 15 is 0 Å². The van der Waals surface area contributed by atoms with Crippen LogP contribution in [0.5, 0.6) is 5.75 Å². The van der Waals surface area contributed by atoms with E-state index < -0.39 is 5.60 Å². The topological polar surface area (TPSA) is 38.3 Å². The van der Waals surface area contributed by atoms with E-state index in [1.165, 1.54) is 11.1 Å². The van der Waals surface area contributed by atoms with Crippen molar-refractivity contribution in [3.63, 3.8) is 0 Å². The Morgan fingerprint density at radius 2 is 1.55 bits per heavy atom. The molecule has 3 nitrogen and oxygen atoms in total. The third-order valence-corrected chi connectivity index (χ3v) is 6.05. The van der Waals surface area contributed by atoms with E-state index in [2.05, 4.69) is 24.4 Å². The Kier molecular flexibility index (Phi) is 7.75. The van der Waals surface area contributed by atoms with Gasteiger partial charge in [0.2, 0.25) is 0 Å². The van der Waals surface area contributed by atoms with E-state index in [1.807, 2.05) is 86.6 Å². The summed E-state index contributed by atoms with van der Waals surface area (Å²) in [6, 6.07) is 27.6. The van der Waals surface area contributed by atoms with Crippen molar-refractivity contribution in [1.29, 1.82) is 0 Å². The van der Waals surface area contributed by atoms with Gasteiger partial charge in [0.1, 0.15) is 5.75 Å². The first-order valence-corrected chi connectivity index (χ1v) is 11.1. The number of ether oxygens (including phenoxy) is 1. The molecule has 0 bridgehead atoms. The predicted molar refractivity (Wildman–Crippen MR) is 128 cm³/mol. The Balaban J connectivity index is 1.79. The van der Waals surface area contributed by atoms with Gasteiger partial charge < -0.3 is 10.1 Å². The maximum Gasteiger partial charge on any atom is 0.264 e. The summed E-state index contributed by atoms with van der Waals surface area (Å²) in [5.41, 5.74) is 1.42. The predicted octanol–water partition coefficient (Wildman–Crippen LogP) is 6.42. The van der Waals surface area contributed by atoms with Gasteiger partial charge in [0.25, 0.3) is 5.91 Å². The SMILES string of the molecule is CCC(C)(Oc1ccccc1)C(=O)NC(C)C(Cc1ccc(Cl)cc1)c1ccccc1. The number of rotatable bonds is 9. The van der Waals surface area contributed by atoms with Crippen molar-refractivity contribution in [2.75, 3.05) is 0 Å². The van der Waals surface area contributed by atoms with Gasteiger partial charge >= 0.3 is 0 Å². The second-order valence-corrected chi connectivity index (χ2v) is 8.55. The van der Waals surface area contributed by atoms with Gasteiger partial charge in [-0.15, -0.1) is 0 Å². The second-order valence-electron chi connectivity index (χ2n) is 8.11. The van der Waals surface area contributed by atoms with Crippen LogP contribution in [0.3, 0.4) is 0 Å². The van der Waals surface area contributed by atoms with Crippen LogP contribution >= 0.6 is 11.6 Å². The van der Waals surface area contributed by atoms with Gasteiger partial charge in [-0.25, -0.2) is 0 Å². The molecule has 0 aliphatic rings. The lowest BCUT2D eigenvalue weighted by atomic mass is 9.86. The molecule has 0 radical (unpaired) electrons. The summed E-state index contributed by atoms with van der Waals surface area (Å²) in [4.78, 5) is 13.3. The van der Waals surface area contributed by atoms with E-state index in [1.54, 1.807) is 0 Å². The lowest BCUT2D eigenvalue weighted by molar-refractivity contribution is -0.136. The van der Waals surface area contributed by atoms with Gasteiger partial charge in [-0.2, -0.15) is 0 Å². The Labute approximate surface area is 190 Å². The molecule has 0 aliphatic carbocycles. The van der Waals surface area contributed by atoms with Gasteiger partial charge in [-0.3, -0.25) is 4.79 Å². The molecule has 162 valence electrons. The van der Waals surface area contributed by atoms with Crippen molar-refractivity contribution in [3.05, 3.63) is 101 Å². The molecule has 0 aromatic heterocycles. The lowest BCUT2D eigenvalue weighted by Gasteiger charge is -2.32. The Bertz CT molecular complexity index is 960. The number of hydrogen-bond donors (Lipinski definition) is 1. The number of para-hydroxylation sites is 1. The number of carbonyl (C=O) groups excluding carboxylic acids is 1. The van der Waals surface area contributed by atoms with E-state index in [9.17, 15) is 4.79 Å². The third-order valence-electron chi connectivity index (χ3n) is 5.80. The molecule has 3 atom stereocenters. The highest BCUT2D eigenvalue weighted by molar-refractivity contribution is 6.30. The molecule has 3 unspecified atom stereocenters. The van der Waals surface area contributed by atoms with Crippen molar-refractivity contribution >= 4 is 17.5 Å². The van der Waals surface area contributed by atoms with Crippen LogP contribution in [-0.4, -0.2) is 17.6 Å². The van der Waals surface area contributed by atoms with Crippen LogP contribution in [0.2, 0.25) is 5.02 Å². The maximum absolute atomic E-state index is 13.3. The number of nitrogens with one attached hydrogen (secondary N) is 1. The molecule has 1 amide bonds. The molecule has 0 spiro atoms. The minimum absolute atomic E-state index is 0.0872. The van der Waals surface area contributed by atoms with Crippen LogP contribution in [0, 0.1) is 0 Å². The molecular formula is C27H30ClNO2. The van der Waals surface area contributed by atoms with Crippen molar-refractivity contribution < 1.29 is 9.53 Å². The molecule has 0 heterocycles. The zero-order valence-corrected chi connectivity index (χ0v) is 19.1. The van der Waals surface area contributed by atoms with Crippen LogP contribution in [0.1, 0.15) is 44.2 Å². The normalized spacial score (nSPS) is 14.8. The average molecular weight is 436 g/mol. The van der Waals surface area contributed by atoms with Crippen LogP contribution in [0.15, 0.2) is 84.9 Å². The molecule has 0 aliphatic heterocycles. The van der Waals surface area contributed by atoms with Crippen molar-refractivity contribution in [2.24, 2.45) is 0 Å². The molecule has 3 aromatic carbocycles. The summed E-state index contributed by atoms with van der Waals surface area (Å²) in [7, 11) is 0. The fraction of sp³-hybridized carbons (Fsp3) is 0.296. The quantitative estimate of drug-likeness (QED) is 0.421. The van der Waals surface area contributed by atoms with Crippen LogP contribution in [-0.2, 0) is 11.2 Å². The zero-order chi connectivity index (χ0) is 22.3. The van der Waals surface area contributed by atoms with Crippen molar-refractivity contribution in [1.82, 2.24) is 5.32 Å². The number of amides is 1. The number of carbonyl (C=O) groups is 1. The Hall–Kier alpha value is -2.78. The highest BCUT2D eigenvalue weighted by Crippen LogP contribution is 2.27. The minimum atomic E-state index is -0.947. The number of halogens is 1. The number of benzene rings is 3. The van der Waals surface area contributed by atoms with E-state index in [0.717, 1.165) is 11.4 Å². The van der Waals surface area contributed by atoms with E-state index in [-0.39, 0.29) is 17.9 Å². The van der Waals surface area contributed by atoms with Gasteiger partial charge in [-0.1, -0.05) is 79.2 Å². The lowest BCUT2D eigenvalue weighted by Crippen LogP contribution is -2.52. The fourth-order valence-electron chi connectivity index (χ4n) is 3.65. The van der Waals surface area contributed by atoms with Gasteiger partial charge in [0, 0.05) is 17.0 Å². The molecule has 1 N–H and O–H groups in total. The Morgan fingerprint density at radius 1 is 0.968 bits per heavy atom. The largest absolute Gasteiger partial charge is 0.478 e. The first-order valence-electron chi connectivity index (χ1n) is 10.8. The van der Waals surface area contributed by atoms with Crippen molar-refractivity contribution in [2.45, 2.75) is 51.2 Å². The molecular weight excluding hydrogens is 406 g/mol. The highest BCUT2D eigenvalue weighted by atomic mass is 35.5. The third kappa shape index (κ3) is 6.11. The van der Waals surface area contributed by atoms with Gasteiger partial charge in [0.05, 0.1) is 0 Å². The molecule has 3 aromatic rings. The second kappa shape index (κ2) is 10.5. The summed E-state index contributed by atoms with van der Waals surface area (Å²) < 4.78 is 6.10. The molecule has 4 heteroatoms. The molecule has 3 rings (SSSR count). The van der Waals surface area contributed by atoms with E-state index in [0.29, 0.717) is 12.2 Å². The minimum Gasteiger partial charge on any atom is -0.478 e. The molecule has 0 saturated heterocycles. The zero-order valence-electron chi connectivity index (χ0n) is 18.3. The highest BCUT2D eigenvalue weighted by Gasteiger charge is 2.35. The van der Waals surface area contributed by atoms with Gasteiger partial charge in [-0.05, 0) is 62.1 Å². The monoisotopic (exact) mass is 435 g/mol. The first-order chi connectivity index (χ1) is 14.9. The molecule has 0 fully saturated rings. The fourth-order valence-corrected chi connectivity index (χ4v) is 3.77. The first kappa shape index (κ1) is 22.9. The van der Waals surface area contributed by atoms with E-state index in [4.69, 9.17) is 16.3 Å². The standard InChI is InChI=1S/C27H30ClNO2/c1-4-27(3,31-24-13-9-6-10-14-24)26(30)29-20(2)25(22-11-7-5-8-12-22)19-21-15-17-23(28)18-16-21/h5-18,20,25H,4,19H2,1-3H3,(H,29,30). The summed E-state index contributed by atoms with van der Waals surface area (Å²) in [6.07, 6.45) is 1.36. The summed E-state index contributed by atoms with van der Waals surface area (Å²) in [5.74, 6) is 0.697. The van der Waals surface area contributed by atoms with Gasteiger partial charge in [0.15, 0.2) is 5.60 Å². The number of hydrogen-bond acceptors (Lipinski definition) is 2.